The molecule has 37 heavy (non-hydrogen) atoms. The van der Waals surface area contributed by atoms with Crippen molar-refractivity contribution in [3.8, 4) is 0 Å². The number of aliphatic hydroxyl groups is 4. The largest absolute Gasteiger partial charge is 0.480 e. The van der Waals surface area contributed by atoms with Crippen molar-refractivity contribution in [2.75, 3.05) is 6.61 Å². The zero-order chi connectivity index (χ0) is 28.1. The van der Waals surface area contributed by atoms with Crippen molar-refractivity contribution in [2.24, 2.45) is 5.73 Å². The van der Waals surface area contributed by atoms with Crippen molar-refractivity contribution in [1.82, 2.24) is 16.0 Å². The number of hydrogen-bond donors (Lipinski definition) is 9. The molecule has 0 aliphatic rings. The quantitative estimate of drug-likeness (QED) is 0.109. The third-order valence-electron chi connectivity index (χ3n) is 5.75. The Morgan fingerprint density at radius 3 is 1.97 bits per heavy atom. The Bertz CT molecular complexity index is 886. The molecule has 0 saturated heterocycles. The van der Waals surface area contributed by atoms with Gasteiger partial charge in [-0.25, -0.2) is 4.79 Å². The van der Waals surface area contributed by atoms with E-state index < -0.39 is 72.8 Å². The van der Waals surface area contributed by atoms with Gasteiger partial charge in [-0.3, -0.25) is 14.4 Å². The molecule has 10 N–H and O–H groups in total. The van der Waals surface area contributed by atoms with Gasteiger partial charge in [-0.2, -0.15) is 0 Å². The molecule has 7 atom stereocenters. The average Bonchev–Trinajstić information content (AvgIpc) is 2.88. The number of hydrogen-bond acceptors (Lipinski definition) is 9. The minimum atomic E-state index is -2.28. The lowest BCUT2D eigenvalue weighted by Crippen LogP contribution is -2.60. The predicted octanol–water partition coefficient (Wildman–Crippen LogP) is -2.62. The average molecular weight is 527 g/mol. The van der Waals surface area contributed by atoms with Crippen molar-refractivity contribution >= 4 is 23.7 Å². The number of aliphatic carboxylic acids is 1. The summed E-state index contributed by atoms with van der Waals surface area (Å²) in [6.45, 7) is 2.57. The van der Waals surface area contributed by atoms with Crippen LogP contribution >= 0.6 is 0 Å². The Hall–Kier alpha value is -3.10. The van der Waals surface area contributed by atoms with Gasteiger partial charge >= 0.3 is 5.97 Å². The van der Waals surface area contributed by atoms with Gasteiger partial charge in [0, 0.05) is 6.42 Å². The standard InChI is InChI=1S/C24H38N4O9/c1-3-8-14(25)21(33)26-15(4-2)22(34)28-17(12-29)18(30)19(31)20(32)23(35)27-16(24(36)37)11-13-9-6-5-7-10-13/h5-7,9-10,14-20,29-32H,3-4,8,11-12,25H2,1-2H3,(H,26,33)(H,27,35)(H,28,34)(H,36,37)/t14-,15-,16+,17-,18-,19+,20-/m0/s1. The SMILES string of the molecule is CCC[C@H](N)C(=O)N[C@@H](CC)C(=O)N[C@@H](CO)[C@H](O)[C@@H](O)[C@H](O)C(=O)N[C@H](Cc1ccccc1)C(=O)O. The fourth-order valence-electron chi connectivity index (χ4n) is 3.48. The van der Waals surface area contributed by atoms with Crippen molar-refractivity contribution in [1.29, 1.82) is 0 Å². The highest BCUT2D eigenvalue weighted by Crippen LogP contribution is 2.09. The minimum Gasteiger partial charge on any atom is -0.480 e. The molecule has 0 aliphatic carbocycles. The van der Waals surface area contributed by atoms with Gasteiger partial charge < -0.3 is 47.2 Å². The van der Waals surface area contributed by atoms with Crippen LogP contribution in [0.5, 0.6) is 0 Å². The van der Waals surface area contributed by atoms with Crippen LogP contribution in [0.1, 0.15) is 38.7 Å². The van der Waals surface area contributed by atoms with E-state index in [1.165, 1.54) is 0 Å². The topological polar surface area (TPSA) is 232 Å². The summed E-state index contributed by atoms with van der Waals surface area (Å²) in [7, 11) is 0. The molecule has 1 rings (SSSR count). The third kappa shape index (κ3) is 10.1. The summed E-state index contributed by atoms with van der Waals surface area (Å²) in [5.74, 6) is -4.01. The Labute approximate surface area is 215 Å². The van der Waals surface area contributed by atoms with E-state index in [0.29, 0.717) is 18.4 Å². The Morgan fingerprint density at radius 1 is 0.865 bits per heavy atom. The van der Waals surface area contributed by atoms with Crippen LogP contribution in [0.3, 0.4) is 0 Å². The van der Waals surface area contributed by atoms with E-state index in [-0.39, 0.29) is 12.8 Å². The zero-order valence-corrected chi connectivity index (χ0v) is 20.9. The minimum absolute atomic E-state index is 0.103. The maximum absolute atomic E-state index is 12.6. The first-order valence-electron chi connectivity index (χ1n) is 12.0. The van der Waals surface area contributed by atoms with E-state index >= 15 is 0 Å². The van der Waals surface area contributed by atoms with E-state index in [1.54, 1.807) is 37.3 Å². The Kier molecular flexibility index (Phi) is 13.7. The first kappa shape index (κ1) is 31.9. The van der Waals surface area contributed by atoms with Gasteiger partial charge in [-0.05, 0) is 18.4 Å². The van der Waals surface area contributed by atoms with Crippen molar-refractivity contribution in [3.63, 3.8) is 0 Å². The molecule has 0 aliphatic heterocycles. The highest BCUT2D eigenvalue weighted by molar-refractivity contribution is 5.90. The number of carboxylic acids is 1. The summed E-state index contributed by atoms with van der Waals surface area (Å²) in [5.41, 5.74) is 6.34. The number of rotatable bonds is 16. The summed E-state index contributed by atoms with van der Waals surface area (Å²) in [4.78, 5) is 48.7. The lowest BCUT2D eigenvalue weighted by molar-refractivity contribution is -0.149. The number of amides is 3. The normalized spacial score (nSPS) is 16.8. The molecule has 0 bridgehead atoms. The summed E-state index contributed by atoms with van der Waals surface area (Å²) < 4.78 is 0. The van der Waals surface area contributed by atoms with E-state index in [4.69, 9.17) is 5.73 Å². The van der Waals surface area contributed by atoms with Crippen LogP contribution < -0.4 is 21.7 Å². The second-order valence-corrected chi connectivity index (χ2v) is 8.68. The molecule has 0 spiro atoms. The number of carbonyl (C=O) groups is 4. The Morgan fingerprint density at radius 2 is 1.46 bits per heavy atom. The number of carboxylic acid groups (broad SMARTS) is 1. The molecule has 0 saturated carbocycles. The lowest BCUT2D eigenvalue weighted by Gasteiger charge is -2.30. The van der Waals surface area contributed by atoms with Crippen LogP contribution in [0.4, 0.5) is 0 Å². The van der Waals surface area contributed by atoms with Gasteiger partial charge in [0.15, 0.2) is 6.10 Å². The summed E-state index contributed by atoms with van der Waals surface area (Å²) in [6, 6.07) is 3.55. The van der Waals surface area contributed by atoms with Crippen molar-refractivity contribution < 1.29 is 44.7 Å². The molecule has 0 unspecified atom stereocenters. The highest BCUT2D eigenvalue weighted by Gasteiger charge is 2.37. The highest BCUT2D eigenvalue weighted by atomic mass is 16.4. The molecule has 0 radical (unpaired) electrons. The molecule has 1 aromatic rings. The second kappa shape index (κ2) is 15.9. The van der Waals surface area contributed by atoms with Crippen LogP contribution in [0, 0.1) is 0 Å². The van der Waals surface area contributed by atoms with Gasteiger partial charge in [0.1, 0.15) is 24.3 Å². The van der Waals surface area contributed by atoms with Crippen LogP contribution in [0.25, 0.3) is 0 Å². The van der Waals surface area contributed by atoms with Gasteiger partial charge in [0.05, 0.1) is 18.7 Å². The molecule has 0 aromatic heterocycles. The van der Waals surface area contributed by atoms with Gasteiger partial charge in [-0.1, -0.05) is 50.6 Å². The number of nitrogens with one attached hydrogen (secondary N) is 3. The van der Waals surface area contributed by atoms with E-state index in [0.717, 1.165) is 0 Å². The molecule has 13 heteroatoms. The Balaban J connectivity index is 2.81. The van der Waals surface area contributed by atoms with Crippen LogP contribution in [-0.2, 0) is 25.6 Å². The number of carbonyl (C=O) groups excluding carboxylic acids is 3. The predicted molar refractivity (Wildman–Crippen MR) is 132 cm³/mol. The van der Waals surface area contributed by atoms with Gasteiger partial charge in [-0.15, -0.1) is 0 Å². The van der Waals surface area contributed by atoms with Crippen molar-refractivity contribution in [2.45, 2.75) is 82.0 Å². The molecule has 3 amide bonds. The first-order valence-corrected chi connectivity index (χ1v) is 12.0. The van der Waals surface area contributed by atoms with Crippen LogP contribution in [0.2, 0.25) is 0 Å². The summed E-state index contributed by atoms with van der Waals surface area (Å²) >= 11 is 0. The third-order valence-corrected chi connectivity index (χ3v) is 5.75. The second-order valence-electron chi connectivity index (χ2n) is 8.68. The number of benzene rings is 1. The number of aliphatic hydroxyl groups excluding tert-OH is 4. The molecule has 1 aromatic carbocycles. The maximum Gasteiger partial charge on any atom is 0.326 e. The lowest BCUT2D eigenvalue weighted by atomic mass is 9.99. The molecular weight excluding hydrogens is 488 g/mol. The number of nitrogens with two attached hydrogens (primary N) is 1. The smallest absolute Gasteiger partial charge is 0.326 e. The fraction of sp³-hybridized carbons (Fsp3) is 0.583. The molecule has 0 fully saturated rings. The van der Waals surface area contributed by atoms with Gasteiger partial charge in [0.25, 0.3) is 5.91 Å². The monoisotopic (exact) mass is 526 g/mol. The van der Waals surface area contributed by atoms with Crippen LogP contribution in [0.15, 0.2) is 30.3 Å². The molecule has 208 valence electrons. The summed E-state index contributed by atoms with van der Waals surface area (Å²) in [6.07, 6.45) is -5.40. The molecule has 0 heterocycles. The fourth-order valence-corrected chi connectivity index (χ4v) is 3.48. The molecule has 13 nitrogen and oxygen atoms in total. The van der Waals surface area contributed by atoms with Gasteiger partial charge in [0.2, 0.25) is 11.8 Å². The first-order chi connectivity index (χ1) is 17.5. The summed E-state index contributed by atoms with van der Waals surface area (Å²) in [5, 5.41) is 56.9. The maximum atomic E-state index is 12.6. The molecular formula is C24H38N4O9. The van der Waals surface area contributed by atoms with E-state index in [2.05, 4.69) is 16.0 Å². The van der Waals surface area contributed by atoms with E-state index in [9.17, 15) is 44.7 Å². The zero-order valence-electron chi connectivity index (χ0n) is 20.9. The van der Waals surface area contributed by atoms with Crippen molar-refractivity contribution in [3.05, 3.63) is 35.9 Å². The van der Waals surface area contributed by atoms with E-state index in [1.807, 2.05) is 6.92 Å². The van der Waals surface area contributed by atoms with Crippen LogP contribution in [-0.4, -0.2) is 98.3 Å².